The van der Waals surface area contributed by atoms with Crippen LogP contribution in [0.25, 0.3) is 0 Å². The van der Waals surface area contributed by atoms with Crippen LogP contribution in [0, 0.1) is 0 Å². The van der Waals surface area contributed by atoms with Crippen LogP contribution in [0.2, 0.25) is 0 Å². The van der Waals surface area contributed by atoms with Crippen molar-refractivity contribution in [2.45, 2.75) is 39.5 Å². The average Bonchev–Trinajstić information content (AvgIpc) is 2.53. The van der Waals surface area contributed by atoms with Crippen LogP contribution in [0.4, 0.5) is 17.3 Å². The van der Waals surface area contributed by atoms with E-state index >= 15 is 0 Å². The second-order valence-corrected chi connectivity index (χ2v) is 4.52. The van der Waals surface area contributed by atoms with Crippen LogP contribution in [-0.4, -0.2) is 31.2 Å². The van der Waals surface area contributed by atoms with E-state index in [0.29, 0.717) is 0 Å². The van der Waals surface area contributed by atoms with Crippen LogP contribution in [-0.2, 0) is 0 Å². The second-order valence-electron chi connectivity index (χ2n) is 4.52. The van der Waals surface area contributed by atoms with Crippen LogP contribution in [0.5, 0.6) is 0 Å². The number of amidine groups is 1. The molecule has 1 rings (SSSR count). The number of quaternary nitrogens is 1. The SMILES string of the molecule is CCCCCC[N+]1(C)C=CN=C1C.F[B-](F)(F)F. The van der Waals surface area contributed by atoms with Gasteiger partial charge in [-0.1, -0.05) is 19.8 Å². The molecule has 2 nitrogen and oxygen atoms in total. The molecule has 0 spiro atoms. The lowest BCUT2D eigenvalue weighted by molar-refractivity contribution is -0.764. The Morgan fingerprint density at radius 2 is 1.72 bits per heavy atom. The van der Waals surface area contributed by atoms with Crippen molar-refractivity contribution in [3.63, 3.8) is 0 Å². The quantitative estimate of drug-likeness (QED) is 0.306. The fourth-order valence-corrected chi connectivity index (χ4v) is 1.63. The van der Waals surface area contributed by atoms with E-state index in [1.54, 1.807) is 0 Å². The fraction of sp³-hybridized carbons (Fsp3) is 0.727. The highest BCUT2D eigenvalue weighted by Gasteiger charge is 2.25. The largest absolute Gasteiger partial charge is 0.673 e. The van der Waals surface area contributed by atoms with Gasteiger partial charge < -0.3 is 17.3 Å². The summed E-state index contributed by atoms with van der Waals surface area (Å²) in [4.78, 5) is 4.30. The molecule has 0 aromatic rings. The van der Waals surface area contributed by atoms with Crippen molar-refractivity contribution in [1.29, 1.82) is 0 Å². The summed E-state index contributed by atoms with van der Waals surface area (Å²) in [5, 5.41) is 0. The Kier molecular flexibility index (Phi) is 7.20. The van der Waals surface area contributed by atoms with E-state index in [9.17, 15) is 17.3 Å². The molecule has 7 heteroatoms. The molecular weight excluding hydrogens is 247 g/mol. The molecule has 0 N–H and O–H groups in total. The first kappa shape index (κ1) is 17.2. The van der Waals surface area contributed by atoms with Crippen molar-refractivity contribution in [3.8, 4) is 0 Å². The van der Waals surface area contributed by atoms with E-state index < -0.39 is 7.25 Å². The fourth-order valence-electron chi connectivity index (χ4n) is 1.63. The minimum absolute atomic E-state index is 0.920. The normalized spacial score (nSPS) is 22.5. The number of halogens is 4. The molecule has 1 heterocycles. The maximum atomic E-state index is 9.75. The van der Waals surface area contributed by atoms with Crippen LogP contribution in [0.1, 0.15) is 39.5 Å². The summed E-state index contributed by atoms with van der Waals surface area (Å²) in [6.45, 7) is 5.56. The number of unbranched alkanes of at least 4 members (excludes halogenated alkanes) is 3. The highest BCUT2D eigenvalue weighted by Crippen LogP contribution is 2.15. The number of hydrogen-bond donors (Lipinski definition) is 0. The number of rotatable bonds is 5. The van der Waals surface area contributed by atoms with Crippen molar-refractivity contribution in [2.24, 2.45) is 4.99 Å². The molecule has 0 aromatic heterocycles. The maximum Gasteiger partial charge on any atom is 0.673 e. The number of nitrogens with zero attached hydrogens (tertiary/aromatic N) is 2. The predicted octanol–water partition coefficient (Wildman–Crippen LogP) is 4.22. The van der Waals surface area contributed by atoms with Crippen molar-refractivity contribution in [1.82, 2.24) is 0 Å². The number of aliphatic imine (C=N–C) groups is 1. The summed E-state index contributed by atoms with van der Waals surface area (Å²) in [5.74, 6) is 1.22. The van der Waals surface area contributed by atoms with Gasteiger partial charge in [0, 0.05) is 6.92 Å². The minimum Gasteiger partial charge on any atom is -0.418 e. The van der Waals surface area contributed by atoms with E-state index in [-0.39, 0.29) is 0 Å². The van der Waals surface area contributed by atoms with Gasteiger partial charge in [-0.15, -0.1) is 0 Å². The third-order valence-corrected chi connectivity index (χ3v) is 2.87. The summed E-state index contributed by atoms with van der Waals surface area (Å²) >= 11 is 0. The van der Waals surface area contributed by atoms with Crippen LogP contribution in [0.3, 0.4) is 0 Å². The standard InChI is InChI=1S/C11H21N2.BF4/c1-4-5-6-7-9-13(3)10-8-12-11(13)2;2-1(3,4)5/h8,10H,4-7,9H2,1-3H3;/q+1;-1. The van der Waals surface area contributed by atoms with Gasteiger partial charge in [-0.3, -0.25) is 4.48 Å². The van der Waals surface area contributed by atoms with E-state index in [4.69, 9.17) is 0 Å². The van der Waals surface area contributed by atoms with Gasteiger partial charge >= 0.3 is 7.25 Å². The Bertz CT molecular complexity index is 296. The molecule has 0 saturated heterocycles. The smallest absolute Gasteiger partial charge is 0.418 e. The van der Waals surface area contributed by atoms with Gasteiger partial charge in [-0.2, -0.15) is 0 Å². The zero-order valence-corrected chi connectivity index (χ0v) is 11.2. The Hall–Kier alpha value is -0.845. The summed E-state index contributed by atoms with van der Waals surface area (Å²) in [6, 6.07) is 0. The van der Waals surface area contributed by atoms with Gasteiger partial charge in [0.1, 0.15) is 6.20 Å². The van der Waals surface area contributed by atoms with E-state index in [1.807, 2.05) is 6.20 Å². The Morgan fingerprint density at radius 1 is 1.17 bits per heavy atom. The molecule has 0 aliphatic carbocycles. The molecule has 18 heavy (non-hydrogen) atoms. The molecule has 0 fully saturated rings. The van der Waals surface area contributed by atoms with E-state index in [2.05, 4.69) is 32.1 Å². The molecule has 1 unspecified atom stereocenters. The third-order valence-electron chi connectivity index (χ3n) is 2.87. The van der Waals surface area contributed by atoms with E-state index in [1.165, 1.54) is 38.1 Å². The topological polar surface area (TPSA) is 12.4 Å². The zero-order valence-electron chi connectivity index (χ0n) is 11.2. The third kappa shape index (κ3) is 8.28. The van der Waals surface area contributed by atoms with Gasteiger partial charge in [-0.25, -0.2) is 4.99 Å². The first-order chi connectivity index (χ1) is 8.19. The lowest BCUT2D eigenvalue weighted by Crippen LogP contribution is -2.41. The van der Waals surface area contributed by atoms with Crippen molar-refractivity contribution in [2.75, 3.05) is 13.6 Å². The summed E-state index contributed by atoms with van der Waals surface area (Å²) in [6.07, 6.45) is 9.44. The summed E-state index contributed by atoms with van der Waals surface area (Å²) in [5.41, 5.74) is 0. The average molecular weight is 268 g/mol. The number of hydrogen-bond acceptors (Lipinski definition) is 1. The first-order valence-corrected chi connectivity index (χ1v) is 6.14. The summed E-state index contributed by atoms with van der Waals surface area (Å²) < 4.78 is 39.9. The Morgan fingerprint density at radius 3 is 2.11 bits per heavy atom. The Balaban J connectivity index is 0.000000494. The van der Waals surface area contributed by atoms with Crippen LogP contribution >= 0.6 is 0 Å². The maximum absolute atomic E-state index is 9.75. The zero-order chi connectivity index (χ0) is 14.2. The molecule has 1 atom stereocenters. The van der Waals surface area contributed by atoms with Gasteiger partial charge in [0.2, 0.25) is 5.84 Å². The van der Waals surface area contributed by atoms with Crippen molar-refractivity contribution in [3.05, 3.63) is 12.4 Å². The van der Waals surface area contributed by atoms with Crippen molar-refractivity contribution < 1.29 is 21.7 Å². The molecule has 0 aromatic carbocycles. The first-order valence-electron chi connectivity index (χ1n) is 6.14. The van der Waals surface area contributed by atoms with Gasteiger partial charge in [0.05, 0.1) is 19.8 Å². The van der Waals surface area contributed by atoms with Crippen LogP contribution in [0.15, 0.2) is 17.4 Å². The van der Waals surface area contributed by atoms with Gasteiger partial charge in [0.15, 0.2) is 0 Å². The van der Waals surface area contributed by atoms with E-state index in [0.717, 1.165) is 4.48 Å². The lowest BCUT2D eigenvalue weighted by atomic mass is 10.2. The van der Waals surface area contributed by atoms with Gasteiger partial charge in [0.25, 0.3) is 0 Å². The molecule has 106 valence electrons. The second kappa shape index (κ2) is 7.56. The molecular formula is C11H21BF4N2. The molecule has 0 bridgehead atoms. The van der Waals surface area contributed by atoms with Crippen molar-refractivity contribution >= 4 is 13.1 Å². The van der Waals surface area contributed by atoms with Gasteiger partial charge in [-0.05, 0) is 12.8 Å². The summed E-state index contributed by atoms with van der Waals surface area (Å²) in [7, 11) is -3.77. The molecule has 0 amide bonds. The van der Waals surface area contributed by atoms with Crippen LogP contribution < -0.4 is 0 Å². The highest BCUT2D eigenvalue weighted by molar-refractivity contribution is 6.50. The molecule has 0 saturated carbocycles. The molecule has 0 radical (unpaired) electrons. The highest BCUT2D eigenvalue weighted by atomic mass is 19.5. The predicted molar refractivity (Wildman–Crippen MR) is 67.6 cm³/mol. The minimum atomic E-state index is -6.00. The molecule has 1 aliphatic heterocycles. The Labute approximate surface area is 106 Å². The monoisotopic (exact) mass is 268 g/mol. The lowest BCUT2D eigenvalue weighted by Gasteiger charge is -2.25. The molecule has 1 aliphatic rings.